The van der Waals surface area contributed by atoms with Crippen LogP contribution in [0.15, 0.2) is 34.1 Å². The maximum absolute atomic E-state index is 11.8. The van der Waals surface area contributed by atoms with Crippen LogP contribution in [0, 0.1) is 0 Å². The number of hydrogen-bond donors (Lipinski definition) is 2. The number of carbonyl (C=O) groups is 2. The van der Waals surface area contributed by atoms with Gasteiger partial charge >= 0.3 is 0 Å². The van der Waals surface area contributed by atoms with E-state index in [0.29, 0.717) is 5.76 Å². The minimum Gasteiger partial charge on any atom is -0.454 e. The maximum atomic E-state index is 11.8. The molecule has 7 heteroatoms. The topological polar surface area (TPSA) is 82.8 Å². The molecule has 0 aliphatic heterocycles. The molecule has 2 heterocycles. The molecule has 0 bridgehead atoms. The van der Waals surface area contributed by atoms with E-state index in [-0.39, 0.29) is 30.7 Å². The van der Waals surface area contributed by atoms with Crippen molar-refractivity contribution < 1.29 is 19.1 Å². The third kappa shape index (κ3) is 4.80. The Labute approximate surface area is 138 Å². The van der Waals surface area contributed by atoms with Crippen LogP contribution in [-0.4, -0.2) is 35.9 Å². The van der Waals surface area contributed by atoms with Gasteiger partial charge < -0.3 is 19.7 Å². The summed E-state index contributed by atoms with van der Waals surface area (Å²) in [7, 11) is 3.29. The highest BCUT2D eigenvalue weighted by atomic mass is 32.1. The number of aliphatic hydroxyl groups excluding tert-OH is 1. The summed E-state index contributed by atoms with van der Waals surface area (Å²) in [5.74, 6) is 0.265. The largest absolute Gasteiger partial charge is 0.454 e. The molecular weight excluding hydrogens is 316 g/mol. The Kier molecular flexibility index (Phi) is 5.72. The second-order valence-corrected chi connectivity index (χ2v) is 5.97. The first-order valence-electron chi connectivity index (χ1n) is 6.94. The van der Waals surface area contributed by atoms with Crippen LogP contribution >= 0.6 is 11.3 Å². The second-order valence-electron chi connectivity index (χ2n) is 5.03. The van der Waals surface area contributed by atoms with Crippen molar-refractivity contribution in [3.8, 4) is 0 Å². The maximum Gasteiger partial charge on any atom is 0.289 e. The van der Waals surface area contributed by atoms with Crippen LogP contribution in [0.1, 0.15) is 26.8 Å². The highest BCUT2D eigenvalue weighted by Gasteiger charge is 2.12. The molecular formula is C16H18N2O4S. The van der Waals surface area contributed by atoms with Gasteiger partial charge in [-0.25, -0.2) is 0 Å². The van der Waals surface area contributed by atoms with Gasteiger partial charge in [-0.15, -0.1) is 11.3 Å². The third-order valence-corrected chi connectivity index (χ3v) is 3.92. The zero-order valence-corrected chi connectivity index (χ0v) is 13.7. The third-order valence-electron chi connectivity index (χ3n) is 2.97. The first-order valence-corrected chi connectivity index (χ1v) is 7.82. The molecule has 0 aliphatic carbocycles. The van der Waals surface area contributed by atoms with E-state index in [1.165, 1.54) is 22.3 Å². The van der Waals surface area contributed by atoms with Gasteiger partial charge in [0.05, 0.1) is 13.2 Å². The van der Waals surface area contributed by atoms with Gasteiger partial charge in [-0.2, -0.15) is 0 Å². The van der Waals surface area contributed by atoms with E-state index < -0.39 is 0 Å². The van der Waals surface area contributed by atoms with Crippen LogP contribution in [0.2, 0.25) is 0 Å². The van der Waals surface area contributed by atoms with Gasteiger partial charge in [0.15, 0.2) is 5.76 Å². The Balaban J connectivity index is 1.85. The van der Waals surface area contributed by atoms with Crippen molar-refractivity contribution >= 4 is 29.2 Å². The SMILES string of the molecule is CN(C)C(=O)c1ccc(CNC(=O)C=Cc2cc(CO)cs2)o1. The van der Waals surface area contributed by atoms with E-state index in [2.05, 4.69) is 5.32 Å². The molecule has 0 atom stereocenters. The summed E-state index contributed by atoms with van der Waals surface area (Å²) in [6, 6.07) is 5.06. The van der Waals surface area contributed by atoms with Crippen molar-refractivity contribution in [1.29, 1.82) is 0 Å². The van der Waals surface area contributed by atoms with Gasteiger partial charge in [0.25, 0.3) is 5.91 Å². The van der Waals surface area contributed by atoms with E-state index in [4.69, 9.17) is 9.52 Å². The van der Waals surface area contributed by atoms with Crippen molar-refractivity contribution in [2.24, 2.45) is 0 Å². The minimum absolute atomic E-state index is 0.0109. The summed E-state index contributed by atoms with van der Waals surface area (Å²) in [6.45, 7) is 0.194. The molecule has 2 N–H and O–H groups in total. The number of furan rings is 1. The van der Waals surface area contributed by atoms with Crippen molar-refractivity contribution in [2.45, 2.75) is 13.2 Å². The van der Waals surface area contributed by atoms with Crippen molar-refractivity contribution in [1.82, 2.24) is 10.2 Å². The first-order chi connectivity index (χ1) is 11.0. The van der Waals surface area contributed by atoms with E-state index >= 15 is 0 Å². The number of rotatable bonds is 6. The van der Waals surface area contributed by atoms with Gasteiger partial charge in [0.2, 0.25) is 5.91 Å². The fourth-order valence-corrected chi connectivity index (χ4v) is 2.56. The number of nitrogens with zero attached hydrogens (tertiary/aromatic N) is 1. The van der Waals surface area contributed by atoms with Crippen LogP contribution in [-0.2, 0) is 17.9 Å². The molecule has 2 amide bonds. The Morgan fingerprint density at radius 2 is 2.17 bits per heavy atom. The molecule has 23 heavy (non-hydrogen) atoms. The molecule has 0 saturated heterocycles. The second kappa shape index (κ2) is 7.75. The molecule has 0 saturated carbocycles. The van der Waals surface area contributed by atoms with Gasteiger partial charge in [-0.1, -0.05) is 0 Å². The molecule has 0 aromatic carbocycles. The van der Waals surface area contributed by atoms with Crippen molar-refractivity contribution in [2.75, 3.05) is 14.1 Å². The van der Waals surface area contributed by atoms with Crippen molar-refractivity contribution in [3.05, 3.63) is 51.6 Å². The molecule has 6 nitrogen and oxygen atoms in total. The summed E-state index contributed by atoms with van der Waals surface area (Å²) in [5, 5.41) is 13.5. The van der Waals surface area contributed by atoms with Crippen LogP contribution in [0.3, 0.4) is 0 Å². The van der Waals surface area contributed by atoms with Crippen LogP contribution < -0.4 is 5.32 Å². The predicted molar refractivity (Wildman–Crippen MR) is 87.8 cm³/mol. The standard InChI is InChI=1S/C16H18N2O4S/c1-18(2)16(21)14-5-3-12(22-14)8-17-15(20)6-4-13-7-11(9-19)10-23-13/h3-7,10,19H,8-9H2,1-2H3,(H,17,20). The zero-order chi connectivity index (χ0) is 16.8. The van der Waals surface area contributed by atoms with Gasteiger partial charge in [-0.05, 0) is 35.2 Å². The van der Waals surface area contributed by atoms with Gasteiger partial charge in [-0.3, -0.25) is 9.59 Å². The summed E-state index contributed by atoms with van der Waals surface area (Å²) < 4.78 is 5.38. The molecule has 0 spiro atoms. The number of thiophene rings is 1. The Hall–Kier alpha value is -2.38. The van der Waals surface area contributed by atoms with Crippen molar-refractivity contribution in [3.63, 3.8) is 0 Å². The quantitative estimate of drug-likeness (QED) is 0.790. The molecule has 0 unspecified atom stereocenters. The highest BCUT2D eigenvalue weighted by Crippen LogP contribution is 2.16. The monoisotopic (exact) mass is 334 g/mol. The lowest BCUT2D eigenvalue weighted by molar-refractivity contribution is -0.116. The Morgan fingerprint density at radius 3 is 2.83 bits per heavy atom. The zero-order valence-electron chi connectivity index (χ0n) is 12.9. The first kappa shape index (κ1) is 17.0. The molecule has 122 valence electrons. The minimum atomic E-state index is -0.263. The number of nitrogens with one attached hydrogen (secondary N) is 1. The fraction of sp³-hybridized carbons (Fsp3) is 0.250. The Bertz CT molecular complexity index is 715. The van der Waals surface area contributed by atoms with Crippen LogP contribution in [0.25, 0.3) is 6.08 Å². The summed E-state index contributed by atoms with van der Waals surface area (Å²) in [5.41, 5.74) is 0.823. The van der Waals surface area contributed by atoms with E-state index in [9.17, 15) is 9.59 Å². The average molecular weight is 334 g/mol. The summed E-state index contributed by atoms with van der Waals surface area (Å²) in [4.78, 5) is 25.8. The average Bonchev–Trinajstić information content (AvgIpc) is 3.19. The van der Waals surface area contributed by atoms with E-state index in [1.54, 1.807) is 32.3 Å². The lowest BCUT2D eigenvalue weighted by atomic mass is 10.3. The number of aliphatic hydroxyl groups is 1. The van der Waals surface area contributed by atoms with Gasteiger partial charge in [0, 0.05) is 25.0 Å². The van der Waals surface area contributed by atoms with Gasteiger partial charge in [0.1, 0.15) is 5.76 Å². The lowest BCUT2D eigenvalue weighted by Gasteiger charge is -2.06. The van der Waals surface area contributed by atoms with E-state index in [1.807, 2.05) is 11.4 Å². The van der Waals surface area contributed by atoms with E-state index in [0.717, 1.165) is 10.4 Å². The molecule has 0 aliphatic rings. The normalized spacial score (nSPS) is 10.9. The lowest BCUT2D eigenvalue weighted by Crippen LogP contribution is -2.21. The van der Waals surface area contributed by atoms with Crippen LogP contribution in [0.5, 0.6) is 0 Å². The Morgan fingerprint density at radius 1 is 1.39 bits per heavy atom. The number of hydrogen-bond acceptors (Lipinski definition) is 5. The highest BCUT2D eigenvalue weighted by molar-refractivity contribution is 7.11. The predicted octanol–water partition coefficient (Wildman–Crippen LogP) is 1.86. The van der Waals surface area contributed by atoms with Crippen LogP contribution in [0.4, 0.5) is 0 Å². The molecule has 0 fully saturated rings. The molecule has 0 radical (unpaired) electrons. The smallest absolute Gasteiger partial charge is 0.289 e. The summed E-state index contributed by atoms with van der Waals surface area (Å²) >= 11 is 1.45. The fourth-order valence-electron chi connectivity index (χ4n) is 1.76. The summed E-state index contributed by atoms with van der Waals surface area (Å²) in [6.07, 6.45) is 3.10. The number of carbonyl (C=O) groups excluding carboxylic acids is 2. The molecule has 2 aromatic heterocycles. The molecule has 2 aromatic rings. The number of amides is 2. The molecule has 2 rings (SSSR count).